The Balaban J connectivity index is 2.10. The standard InChI is InChI=1S/C14H9BrCl2O2/c15-11-3-1-2-4-14(11)19-8-13(18)10-7-9(16)5-6-12(10)17/h1-7H,8H2. The molecule has 2 aromatic rings. The van der Waals surface area contributed by atoms with Gasteiger partial charge in [-0.25, -0.2) is 0 Å². The summed E-state index contributed by atoms with van der Waals surface area (Å²) in [5.74, 6) is 0.386. The Morgan fingerprint density at radius 3 is 2.63 bits per heavy atom. The summed E-state index contributed by atoms with van der Waals surface area (Å²) >= 11 is 15.1. The van der Waals surface area contributed by atoms with Gasteiger partial charge in [0.25, 0.3) is 0 Å². The highest BCUT2D eigenvalue weighted by Crippen LogP contribution is 2.25. The van der Waals surface area contributed by atoms with Crippen molar-refractivity contribution in [3.05, 3.63) is 62.5 Å². The van der Waals surface area contributed by atoms with Crippen molar-refractivity contribution in [2.24, 2.45) is 0 Å². The third kappa shape index (κ3) is 3.72. The number of hydrogen-bond donors (Lipinski definition) is 0. The molecule has 0 amide bonds. The van der Waals surface area contributed by atoms with Crippen LogP contribution in [0, 0.1) is 0 Å². The number of para-hydroxylation sites is 1. The van der Waals surface area contributed by atoms with Crippen molar-refractivity contribution in [1.82, 2.24) is 0 Å². The number of ketones is 1. The van der Waals surface area contributed by atoms with E-state index in [4.69, 9.17) is 27.9 Å². The van der Waals surface area contributed by atoms with Gasteiger partial charge in [0.1, 0.15) is 5.75 Å². The van der Waals surface area contributed by atoms with Crippen LogP contribution in [0.3, 0.4) is 0 Å². The maximum absolute atomic E-state index is 12.0. The van der Waals surface area contributed by atoms with E-state index in [1.807, 2.05) is 18.2 Å². The molecule has 2 rings (SSSR count). The molecule has 2 aromatic carbocycles. The van der Waals surface area contributed by atoms with Crippen LogP contribution in [0.15, 0.2) is 46.9 Å². The fraction of sp³-hybridized carbons (Fsp3) is 0.0714. The molecule has 2 nitrogen and oxygen atoms in total. The number of halogens is 3. The predicted octanol–water partition coefficient (Wildman–Crippen LogP) is 5.02. The van der Waals surface area contributed by atoms with Gasteiger partial charge in [-0.3, -0.25) is 4.79 Å². The fourth-order valence-corrected chi connectivity index (χ4v) is 2.29. The molecule has 0 aliphatic carbocycles. The van der Waals surface area contributed by atoms with Crippen molar-refractivity contribution in [2.45, 2.75) is 0 Å². The van der Waals surface area contributed by atoms with Crippen LogP contribution in [0.4, 0.5) is 0 Å². The highest BCUT2D eigenvalue weighted by molar-refractivity contribution is 9.10. The van der Waals surface area contributed by atoms with E-state index in [1.165, 1.54) is 6.07 Å². The maximum Gasteiger partial charge on any atom is 0.201 e. The van der Waals surface area contributed by atoms with E-state index in [2.05, 4.69) is 15.9 Å². The Morgan fingerprint density at radius 1 is 1.16 bits per heavy atom. The van der Waals surface area contributed by atoms with E-state index in [-0.39, 0.29) is 12.4 Å². The van der Waals surface area contributed by atoms with E-state index in [0.29, 0.717) is 21.4 Å². The quantitative estimate of drug-likeness (QED) is 0.716. The number of hydrogen-bond acceptors (Lipinski definition) is 2. The van der Waals surface area contributed by atoms with Crippen LogP contribution >= 0.6 is 39.1 Å². The Kier molecular flexibility index (Phi) is 4.86. The van der Waals surface area contributed by atoms with Crippen molar-refractivity contribution in [3.8, 4) is 5.75 Å². The lowest BCUT2D eigenvalue weighted by Gasteiger charge is -2.08. The normalized spacial score (nSPS) is 10.3. The number of benzene rings is 2. The number of carbonyl (C=O) groups excluding carboxylic acids is 1. The lowest BCUT2D eigenvalue weighted by atomic mass is 10.1. The number of carbonyl (C=O) groups is 1. The second-order valence-electron chi connectivity index (χ2n) is 3.77. The first-order valence-electron chi connectivity index (χ1n) is 5.43. The van der Waals surface area contributed by atoms with Crippen LogP contribution in [0.1, 0.15) is 10.4 Å². The van der Waals surface area contributed by atoms with E-state index in [0.717, 1.165) is 4.47 Å². The van der Waals surface area contributed by atoms with Gasteiger partial charge < -0.3 is 4.74 Å². The second kappa shape index (κ2) is 6.42. The first kappa shape index (κ1) is 14.4. The van der Waals surface area contributed by atoms with Crippen LogP contribution in [-0.4, -0.2) is 12.4 Å². The van der Waals surface area contributed by atoms with Crippen molar-refractivity contribution in [3.63, 3.8) is 0 Å². The number of Topliss-reactive ketones (excluding diaryl/α,β-unsaturated/α-hetero) is 1. The third-order valence-electron chi connectivity index (χ3n) is 2.42. The minimum atomic E-state index is -0.219. The highest BCUT2D eigenvalue weighted by Gasteiger charge is 2.12. The lowest BCUT2D eigenvalue weighted by Crippen LogP contribution is -2.12. The number of ether oxygens (including phenoxy) is 1. The summed E-state index contributed by atoms with van der Waals surface area (Å²) in [6.07, 6.45) is 0. The molecular formula is C14H9BrCl2O2. The molecule has 0 heterocycles. The molecule has 5 heteroatoms. The summed E-state index contributed by atoms with van der Waals surface area (Å²) in [4.78, 5) is 12.0. The molecule has 0 spiro atoms. The van der Waals surface area contributed by atoms with Gasteiger partial charge in [-0.15, -0.1) is 0 Å². The zero-order valence-electron chi connectivity index (χ0n) is 9.70. The summed E-state index contributed by atoms with van der Waals surface area (Å²) in [7, 11) is 0. The molecule has 0 bridgehead atoms. The van der Waals surface area contributed by atoms with Crippen LogP contribution < -0.4 is 4.74 Å². The average molecular weight is 360 g/mol. The van der Waals surface area contributed by atoms with Crippen LogP contribution in [0.25, 0.3) is 0 Å². The topological polar surface area (TPSA) is 26.3 Å². The largest absolute Gasteiger partial charge is 0.484 e. The Morgan fingerprint density at radius 2 is 1.89 bits per heavy atom. The SMILES string of the molecule is O=C(COc1ccccc1Br)c1cc(Cl)ccc1Cl. The summed E-state index contributed by atoms with van der Waals surface area (Å²) in [6.45, 7) is -0.0946. The molecule has 19 heavy (non-hydrogen) atoms. The van der Waals surface area contributed by atoms with Gasteiger partial charge in [0.15, 0.2) is 6.61 Å². The minimum Gasteiger partial charge on any atom is -0.484 e. The molecule has 0 aliphatic heterocycles. The van der Waals surface area contributed by atoms with Crippen molar-refractivity contribution in [2.75, 3.05) is 6.61 Å². The van der Waals surface area contributed by atoms with E-state index in [1.54, 1.807) is 18.2 Å². The van der Waals surface area contributed by atoms with Crippen molar-refractivity contribution in [1.29, 1.82) is 0 Å². The fourth-order valence-electron chi connectivity index (χ4n) is 1.49. The van der Waals surface area contributed by atoms with Gasteiger partial charge in [0, 0.05) is 10.6 Å². The highest BCUT2D eigenvalue weighted by atomic mass is 79.9. The third-order valence-corrected chi connectivity index (χ3v) is 3.64. The predicted molar refractivity (Wildman–Crippen MR) is 80.4 cm³/mol. The average Bonchev–Trinajstić information content (AvgIpc) is 2.40. The monoisotopic (exact) mass is 358 g/mol. The van der Waals surface area contributed by atoms with Crippen LogP contribution in [-0.2, 0) is 0 Å². The van der Waals surface area contributed by atoms with E-state index < -0.39 is 0 Å². The summed E-state index contributed by atoms with van der Waals surface area (Å²) in [5.41, 5.74) is 0.362. The second-order valence-corrected chi connectivity index (χ2v) is 5.46. The van der Waals surface area contributed by atoms with Gasteiger partial charge in [0.05, 0.1) is 9.50 Å². The molecule has 0 saturated heterocycles. The van der Waals surface area contributed by atoms with Gasteiger partial charge in [0.2, 0.25) is 5.78 Å². The molecule has 0 aliphatic rings. The summed E-state index contributed by atoms with van der Waals surface area (Å²) < 4.78 is 6.24. The Hall–Kier alpha value is -1.03. The lowest BCUT2D eigenvalue weighted by molar-refractivity contribution is 0.0921. The molecule has 0 N–H and O–H groups in total. The van der Waals surface area contributed by atoms with Gasteiger partial charge in [-0.2, -0.15) is 0 Å². The smallest absolute Gasteiger partial charge is 0.201 e. The first-order valence-corrected chi connectivity index (χ1v) is 6.98. The maximum atomic E-state index is 12.0. The Bertz CT molecular complexity index is 614. The molecule has 0 fully saturated rings. The molecule has 98 valence electrons. The summed E-state index contributed by atoms with van der Waals surface area (Å²) in [6, 6.07) is 12.1. The summed E-state index contributed by atoms with van der Waals surface area (Å²) in [5, 5.41) is 0.832. The zero-order valence-corrected chi connectivity index (χ0v) is 12.8. The molecule has 0 radical (unpaired) electrons. The number of rotatable bonds is 4. The van der Waals surface area contributed by atoms with Crippen molar-refractivity contribution >= 4 is 44.9 Å². The minimum absolute atomic E-state index is 0.0946. The molecule has 0 saturated carbocycles. The van der Waals surface area contributed by atoms with Gasteiger partial charge >= 0.3 is 0 Å². The van der Waals surface area contributed by atoms with Gasteiger partial charge in [-0.1, -0.05) is 35.3 Å². The van der Waals surface area contributed by atoms with Crippen molar-refractivity contribution < 1.29 is 9.53 Å². The van der Waals surface area contributed by atoms with E-state index >= 15 is 0 Å². The molecule has 0 aromatic heterocycles. The van der Waals surface area contributed by atoms with Gasteiger partial charge in [-0.05, 0) is 46.3 Å². The van der Waals surface area contributed by atoms with Crippen LogP contribution in [0.5, 0.6) is 5.75 Å². The van der Waals surface area contributed by atoms with E-state index in [9.17, 15) is 4.79 Å². The zero-order chi connectivity index (χ0) is 13.8. The Labute approximate surface area is 129 Å². The molecular weight excluding hydrogens is 351 g/mol. The first-order chi connectivity index (χ1) is 9.08. The molecule has 0 unspecified atom stereocenters. The van der Waals surface area contributed by atoms with Crippen LogP contribution in [0.2, 0.25) is 10.0 Å². The molecule has 0 atom stereocenters.